The van der Waals surface area contributed by atoms with Crippen LogP contribution in [0.4, 0.5) is 5.82 Å². The smallest absolute Gasteiger partial charge is 0.242 e. The lowest BCUT2D eigenvalue weighted by Crippen LogP contribution is -2.40. The molecule has 2 rings (SSSR count). The highest BCUT2D eigenvalue weighted by Crippen LogP contribution is 2.16. The van der Waals surface area contributed by atoms with Gasteiger partial charge >= 0.3 is 0 Å². The first-order valence-electron chi connectivity index (χ1n) is 7.67. The van der Waals surface area contributed by atoms with Gasteiger partial charge in [-0.05, 0) is 26.3 Å². The third-order valence-electron chi connectivity index (χ3n) is 3.67. The van der Waals surface area contributed by atoms with Gasteiger partial charge in [-0.15, -0.1) is 0 Å². The van der Waals surface area contributed by atoms with Crippen molar-refractivity contribution >= 4 is 11.7 Å². The van der Waals surface area contributed by atoms with Gasteiger partial charge in [-0.1, -0.05) is 6.92 Å². The van der Waals surface area contributed by atoms with Gasteiger partial charge < -0.3 is 10.6 Å². The lowest BCUT2D eigenvalue weighted by molar-refractivity contribution is -0.117. The van der Waals surface area contributed by atoms with Crippen LogP contribution in [0, 0.1) is 0 Å². The van der Waals surface area contributed by atoms with Crippen LogP contribution in [-0.2, 0) is 11.3 Å². The summed E-state index contributed by atoms with van der Waals surface area (Å²) in [6.07, 6.45) is 6.31. The van der Waals surface area contributed by atoms with Gasteiger partial charge in [0.25, 0.3) is 0 Å². The molecule has 2 atom stereocenters. The Hall–Kier alpha value is -2.15. The average Bonchev–Trinajstić information content (AvgIpc) is 3.17. The summed E-state index contributed by atoms with van der Waals surface area (Å²) in [6.45, 7) is 7.44. The van der Waals surface area contributed by atoms with Crippen LogP contribution in [0.15, 0.2) is 30.7 Å². The second-order valence-corrected chi connectivity index (χ2v) is 5.35. The fourth-order valence-electron chi connectivity index (χ4n) is 2.09. The Bertz CT molecular complexity index is 577. The Morgan fingerprint density at radius 2 is 2.14 bits per heavy atom. The van der Waals surface area contributed by atoms with Crippen molar-refractivity contribution in [3.05, 3.63) is 30.7 Å². The van der Waals surface area contributed by atoms with Crippen LogP contribution in [0.2, 0.25) is 0 Å². The molecular weight excluding hydrogens is 280 g/mol. The van der Waals surface area contributed by atoms with E-state index in [1.54, 1.807) is 12.4 Å². The molecule has 0 bridgehead atoms. The predicted molar refractivity (Wildman–Crippen MR) is 85.6 cm³/mol. The second kappa shape index (κ2) is 7.74. The normalized spacial score (nSPS) is 13.8. The monoisotopic (exact) mass is 304 g/mol. The van der Waals surface area contributed by atoms with E-state index in [-0.39, 0.29) is 18.0 Å². The molecule has 0 aliphatic heterocycles. The minimum atomic E-state index is -0.282. The van der Waals surface area contributed by atoms with Crippen LogP contribution in [0.25, 0.3) is 0 Å². The molecule has 2 heterocycles. The van der Waals surface area contributed by atoms with Crippen LogP contribution in [-0.4, -0.2) is 38.1 Å². The number of hydrogen-bond donors (Lipinski definition) is 2. The maximum absolute atomic E-state index is 12.2. The molecule has 0 spiro atoms. The first-order valence-corrected chi connectivity index (χ1v) is 7.67. The van der Waals surface area contributed by atoms with Crippen molar-refractivity contribution in [2.75, 3.05) is 11.9 Å². The highest BCUT2D eigenvalue weighted by Gasteiger charge is 2.15. The molecule has 22 heavy (non-hydrogen) atoms. The molecule has 0 radical (unpaired) electrons. The van der Waals surface area contributed by atoms with E-state index in [1.165, 1.54) is 0 Å². The van der Waals surface area contributed by atoms with Crippen LogP contribution in [0.5, 0.6) is 0 Å². The minimum absolute atomic E-state index is 0.0643. The van der Waals surface area contributed by atoms with Gasteiger partial charge in [0.15, 0.2) is 0 Å². The molecule has 0 saturated carbocycles. The molecular formula is C15H24N6O. The van der Waals surface area contributed by atoms with Crippen molar-refractivity contribution in [1.29, 1.82) is 0 Å². The summed E-state index contributed by atoms with van der Waals surface area (Å²) in [7, 11) is 0. The number of amides is 1. The first kappa shape index (κ1) is 16.2. The Morgan fingerprint density at radius 3 is 2.82 bits per heavy atom. The van der Waals surface area contributed by atoms with E-state index in [1.807, 2.05) is 34.6 Å². The fraction of sp³-hybridized carbons (Fsp3) is 0.533. The highest BCUT2D eigenvalue weighted by atomic mass is 16.2. The van der Waals surface area contributed by atoms with Crippen molar-refractivity contribution < 1.29 is 4.79 Å². The summed E-state index contributed by atoms with van der Waals surface area (Å²) in [5.41, 5.74) is 0. The van der Waals surface area contributed by atoms with E-state index < -0.39 is 0 Å². The van der Waals surface area contributed by atoms with Crippen LogP contribution >= 0.6 is 0 Å². The average molecular weight is 304 g/mol. The summed E-state index contributed by atoms with van der Waals surface area (Å²) in [5, 5.41) is 14.5. The zero-order valence-corrected chi connectivity index (χ0v) is 13.4. The summed E-state index contributed by atoms with van der Waals surface area (Å²) in [4.78, 5) is 12.2. The topological polar surface area (TPSA) is 76.8 Å². The van der Waals surface area contributed by atoms with Gasteiger partial charge in [0.05, 0.1) is 24.8 Å². The standard InChI is InChI=1S/C15H24N6O/c1-4-12(2)21-14(6-8-18-21)19-15(22)13(3)16-9-11-20-10-5-7-17-20/h5-8,10,12-13,16H,4,9,11H2,1-3H3,(H,19,22). The molecule has 1 amide bonds. The maximum atomic E-state index is 12.2. The number of hydrogen-bond acceptors (Lipinski definition) is 4. The highest BCUT2D eigenvalue weighted by molar-refractivity contribution is 5.93. The van der Waals surface area contributed by atoms with Crippen molar-refractivity contribution in [3.63, 3.8) is 0 Å². The van der Waals surface area contributed by atoms with E-state index in [2.05, 4.69) is 34.7 Å². The summed E-state index contributed by atoms with van der Waals surface area (Å²) in [5.74, 6) is 0.672. The molecule has 120 valence electrons. The number of aromatic nitrogens is 4. The molecule has 2 aromatic heterocycles. The number of nitrogens with one attached hydrogen (secondary N) is 2. The van der Waals surface area contributed by atoms with Crippen LogP contribution in [0.1, 0.15) is 33.2 Å². The number of anilines is 1. The van der Waals surface area contributed by atoms with Gasteiger partial charge in [0.1, 0.15) is 5.82 Å². The van der Waals surface area contributed by atoms with Gasteiger partial charge in [0, 0.05) is 25.0 Å². The van der Waals surface area contributed by atoms with E-state index in [4.69, 9.17) is 0 Å². The van der Waals surface area contributed by atoms with Gasteiger partial charge in [-0.3, -0.25) is 9.48 Å². The maximum Gasteiger partial charge on any atom is 0.242 e. The lowest BCUT2D eigenvalue weighted by Gasteiger charge is -2.17. The van der Waals surface area contributed by atoms with Crippen LogP contribution in [0.3, 0.4) is 0 Å². The zero-order chi connectivity index (χ0) is 15.9. The molecule has 0 aliphatic rings. The summed E-state index contributed by atoms with van der Waals surface area (Å²) >= 11 is 0. The molecule has 0 aromatic carbocycles. The number of carbonyl (C=O) groups is 1. The fourth-order valence-corrected chi connectivity index (χ4v) is 2.09. The van der Waals surface area contributed by atoms with Gasteiger partial charge in [-0.2, -0.15) is 10.2 Å². The molecule has 2 unspecified atom stereocenters. The Labute approximate surface area is 130 Å². The minimum Gasteiger partial charge on any atom is -0.310 e. The van der Waals surface area contributed by atoms with E-state index >= 15 is 0 Å². The van der Waals surface area contributed by atoms with E-state index in [0.717, 1.165) is 18.8 Å². The Balaban J connectivity index is 1.82. The second-order valence-electron chi connectivity index (χ2n) is 5.35. The molecule has 2 N–H and O–H groups in total. The van der Waals surface area contributed by atoms with Crippen molar-refractivity contribution in [3.8, 4) is 0 Å². The van der Waals surface area contributed by atoms with E-state index in [9.17, 15) is 4.79 Å². The predicted octanol–water partition coefficient (Wildman–Crippen LogP) is 1.67. The number of rotatable bonds is 8. The molecule has 7 heteroatoms. The number of nitrogens with zero attached hydrogens (tertiary/aromatic N) is 4. The quantitative estimate of drug-likeness (QED) is 0.778. The van der Waals surface area contributed by atoms with Crippen LogP contribution < -0.4 is 10.6 Å². The van der Waals surface area contributed by atoms with Gasteiger partial charge in [-0.25, -0.2) is 4.68 Å². The summed E-state index contributed by atoms with van der Waals surface area (Å²) < 4.78 is 3.67. The third kappa shape index (κ3) is 4.17. The molecule has 2 aromatic rings. The number of carbonyl (C=O) groups excluding carboxylic acids is 1. The molecule has 0 saturated heterocycles. The van der Waals surface area contributed by atoms with Crippen molar-refractivity contribution in [2.45, 2.75) is 45.8 Å². The molecule has 0 aliphatic carbocycles. The van der Waals surface area contributed by atoms with Crippen molar-refractivity contribution in [1.82, 2.24) is 24.9 Å². The molecule has 0 fully saturated rings. The zero-order valence-electron chi connectivity index (χ0n) is 13.4. The summed E-state index contributed by atoms with van der Waals surface area (Å²) in [6, 6.07) is 3.68. The van der Waals surface area contributed by atoms with Crippen molar-refractivity contribution in [2.24, 2.45) is 0 Å². The Morgan fingerprint density at radius 1 is 1.32 bits per heavy atom. The lowest BCUT2D eigenvalue weighted by atomic mass is 10.2. The third-order valence-corrected chi connectivity index (χ3v) is 3.67. The van der Waals surface area contributed by atoms with E-state index in [0.29, 0.717) is 6.54 Å². The van der Waals surface area contributed by atoms with Gasteiger partial charge in [0.2, 0.25) is 5.91 Å². The Kier molecular flexibility index (Phi) is 5.71. The SMILES string of the molecule is CCC(C)n1nccc1NC(=O)C(C)NCCn1cccn1. The first-order chi connectivity index (χ1) is 10.6. The largest absolute Gasteiger partial charge is 0.310 e. The molecule has 7 nitrogen and oxygen atoms in total.